The second kappa shape index (κ2) is 6.45. The van der Waals surface area contributed by atoms with Gasteiger partial charge in [0.15, 0.2) is 0 Å². The first-order chi connectivity index (χ1) is 9.36. The summed E-state index contributed by atoms with van der Waals surface area (Å²) >= 11 is 2.19. The second-order valence-electron chi connectivity index (χ2n) is 5.36. The Kier molecular flexibility index (Phi) is 5.09. The molecule has 0 N–H and O–H groups in total. The fourth-order valence-electron chi connectivity index (χ4n) is 2.69. The van der Waals surface area contributed by atoms with E-state index >= 15 is 0 Å². The van der Waals surface area contributed by atoms with Crippen LogP contribution in [0, 0.1) is 15.4 Å². The number of rotatable bonds is 3. The van der Waals surface area contributed by atoms with Crippen molar-refractivity contribution in [2.24, 2.45) is 11.8 Å². The summed E-state index contributed by atoms with van der Waals surface area (Å²) in [7, 11) is 0. The first kappa shape index (κ1) is 15.8. The van der Waals surface area contributed by atoms with Crippen LogP contribution in [0.25, 0.3) is 0 Å². The smallest absolute Gasteiger partial charge is 0.299 e. The number of hydrogen-bond acceptors (Lipinski definition) is 1. The second-order valence-corrected chi connectivity index (χ2v) is 6.61. The molecule has 0 aromatic heterocycles. The standard InChI is InChI=1S/C15H16F3IO/c16-15(17,18)12-5-3-11(4-6-12)14(20)9-10-1-7-13(19)8-2-10/h1-2,7-8,11-12H,3-6,9H2. The summed E-state index contributed by atoms with van der Waals surface area (Å²) < 4.78 is 38.8. The molecule has 1 aromatic carbocycles. The van der Waals surface area contributed by atoms with E-state index in [1.807, 2.05) is 24.3 Å². The van der Waals surface area contributed by atoms with Crippen molar-refractivity contribution in [2.75, 3.05) is 0 Å². The van der Waals surface area contributed by atoms with Crippen LogP contribution in [0.3, 0.4) is 0 Å². The molecule has 5 heteroatoms. The number of ketones is 1. The van der Waals surface area contributed by atoms with E-state index in [2.05, 4.69) is 22.6 Å². The summed E-state index contributed by atoms with van der Waals surface area (Å²) in [6.07, 6.45) is -2.86. The molecule has 0 aliphatic heterocycles. The van der Waals surface area contributed by atoms with Crippen molar-refractivity contribution in [3.63, 3.8) is 0 Å². The van der Waals surface area contributed by atoms with E-state index in [9.17, 15) is 18.0 Å². The highest BCUT2D eigenvalue weighted by Crippen LogP contribution is 2.39. The van der Waals surface area contributed by atoms with E-state index in [0.29, 0.717) is 19.3 Å². The SMILES string of the molecule is O=C(Cc1ccc(I)cc1)C1CCC(C(F)(F)F)CC1. The molecule has 1 nitrogen and oxygen atoms in total. The van der Waals surface area contributed by atoms with Gasteiger partial charge in [0.25, 0.3) is 0 Å². The van der Waals surface area contributed by atoms with Gasteiger partial charge >= 0.3 is 6.18 Å². The molecule has 1 saturated carbocycles. The van der Waals surface area contributed by atoms with E-state index in [4.69, 9.17) is 0 Å². The fourth-order valence-corrected chi connectivity index (χ4v) is 3.05. The maximum atomic E-state index is 12.6. The minimum absolute atomic E-state index is 0.0758. The predicted molar refractivity (Wildman–Crippen MR) is 79.4 cm³/mol. The van der Waals surface area contributed by atoms with Crippen LogP contribution < -0.4 is 0 Å². The summed E-state index contributed by atoms with van der Waals surface area (Å²) in [5, 5.41) is 0. The van der Waals surface area contributed by atoms with Crippen molar-refractivity contribution in [3.8, 4) is 0 Å². The van der Waals surface area contributed by atoms with E-state index in [0.717, 1.165) is 9.13 Å². The number of hydrogen-bond donors (Lipinski definition) is 0. The molecule has 20 heavy (non-hydrogen) atoms. The molecule has 1 aliphatic rings. The highest BCUT2D eigenvalue weighted by atomic mass is 127. The summed E-state index contributed by atoms with van der Waals surface area (Å²) in [6.45, 7) is 0. The molecule has 0 atom stereocenters. The van der Waals surface area contributed by atoms with Gasteiger partial charge in [-0.25, -0.2) is 0 Å². The van der Waals surface area contributed by atoms with Crippen LogP contribution in [0.5, 0.6) is 0 Å². The van der Waals surface area contributed by atoms with Crippen molar-refractivity contribution < 1.29 is 18.0 Å². The molecule has 0 saturated heterocycles. The normalized spacial score (nSPS) is 23.6. The number of halogens is 4. The summed E-state index contributed by atoms with van der Waals surface area (Å²) in [4.78, 5) is 12.1. The van der Waals surface area contributed by atoms with Crippen molar-refractivity contribution in [2.45, 2.75) is 38.3 Å². The third-order valence-corrected chi connectivity index (χ3v) is 4.66. The molecule has 2 rings (SSSR count). The molecule has 1 aromatic rings. The lowest BCUT2D eigenvalue weighted by Crippen LogP contribution is -2.30. The average molecular weight is 396 g/mol. The maximum Gasteiger partial charge on any atom is 0.391 e. The number of benzene rings is 1. The van der Waals surface area contributed by atoms with Crippen LogP contribution in [-0.2, 0) is 11.2 Å². The van der Waals surface area contributed by atoms with Crippen LogP contribution in [0.15, 0.2) is 24.3 Å². The Hall–Kier alpha value is -0.590. The summed E-state index contributed by atoms with van der Waals surface area (Å²) in [5.41, 5.74) is 0.938. The van der Waals surface area contributed by atoms with Gasteiger partial charge in [0.2, 0.25) is 0 Å². The van der Waals surface area contributed by atoms with E-state index in [1.54, 1.807) is 0 Å². The van der Waals surface area contributed by atoms with Crippen LogP contribution in [0.2, 0.25) is 0 Å². The van der Waals surface area contributed by atoms with Crippen LogP contribution in [0.1, 0.15) is 31.2 Å². The van der Waals surface area contributed by atoms with Gasteiger partial charge in [0, 0.05) is 15.9 Å². The number of Topliss-reactive ketones (excluding diaryl/α,β-unsaturated/α-hetero) is 1. The molecular formula is C15H16F3IO. The first-order valence-corrected chi connectivity index (χ1v) is 7.78. The Bertz CT molecular complexity index is 459. The van der Waals surface area contributed by atoms with Gasteiger partial charge in [0.05, 0.1) is 5.92 Å². The Labute approximate surface area is 130 Å². The van der Waals surface area contributed by atoms with Crippen LogP contribution >= 0.6 is 22.6 Å². The summed E-state index contributed by atoms with van der Waals surface area (Å²) in [6, 6.07) is 7.68. The monoisotopic (exact) mass is 396 g/mol. The summed E-state index contributed by atoms with van der Waals surface area (Å²) in [5.74, 6) is -1.34. The molecule has 0 radical (unpaired) electrons. The fraction of sp³-hybridized carbons (Fsp3) is 0.533. The van der Waals surface area contributed by atoms with Gasteiger partial charge in [-0.1, -0.05) is 12.1 Å². The van der Waals surface area contributed by atoms with Gasteiger partial charge in [-0.2, -0.15) is 13.2 Å². The molecule has 0 amide bonds. The molecule has 0 spiro atoms. The van der Waals surface area contributed by atoms with Crippen LogP contribution in [-0.4, -0.2) is 12.0 Å². The first-order valence-electron chi connectivity index (χ1n) is 6.70. The largest absolute Gasteiger partial charge is 0.391 e. The predicted octanol–water partition coefficient (Wildman–Crippen LogP) is 4.77. The highest BCUT2D eigenvalue weighted by molar-refractivity contribution is 14.1. The van der Waals surface area contributed by atoms with Gasteiger partial charge in [-0.3, -0.25) is 4.79 Å². The molecule has 0 heterocycles. The lowest BCUT2D eigenvalue weighted by atomic mass is 9.78. The van der Waals surface area contributed by atoms with Crippen LogP contribution in [0.4, 0.5) is 13.2 Å². The zero-order valence-electron chi connectivity index (χ0n) is 10.9. The van der Waals surface area contributed by atoms with E-state index in [1.165, 1.54) is 0 Å². The van der Waals surface area contributed by atoms with E-state index in [-0.39, 0.29) is 24.5 Å². The average Bonchev–Trinajstić information content (AvgIpc) is 2.40. The topological polar surface area (TPSA) is 17.1 Å². The third kappa shape index (κ3) is 4.20. The van der Waals surface area contributed by atoms with E-state index < -0.39 is 12.1 Å². The molecule has 1 fully saturated rings. The minimum atomic E-state index is -4.11. The van der Waals surface area contributed by atoms with Gasteiger partial charge in [-0.05, 0) is 66.0 Å². The van der Waals surface area contributed by atoms with Crippen molar-refractivity contribution >= 4 is 28.4 Å². The lowest BCUT2D eigenvalue weighted by Gasteiger charge is -2.29. The lowest BCUT2D eigenvalue weighted by molar-refractivity contribution is -0.184. The number of carbonyl (C=O) groups is 1. The zero-order valence-corrected chi connectivity index (χ0v) is 13.1. The molecule has 110 valence electrons. The molecular weight excluding hydrogens is 380 g/mol. The van der Waals surface area contributed by atoms with Gasteiger partial charge < -0.3 is 0 Å². The third-order valence-electron chi connectivity index (χ3n) is 3.94. The Morgan fingerprint density at radius 3 is 2.15 bits per heavy atom. The van der Waals surface area contributed by atoms with Crippen molar-refractivity contribution in [1.82, 2.24) is 0 Å². The number of alkyl halides is 3. The van der Waals surface area contributed by atoms with Gasteiger partial charge in [0.1, 0.15) is 5.78 Å². The number of carbonyl (C=O) groups excluding carboxylic acids is 1. The Morgan fingerprint density at radius 2 is 1.65 bits per heavy atom. The minimum Gasteiger partial charge on any atom is -0.299 e. The molecule has 0 unspecified atom stereocenters. The zero-order chi connectivity index (χ0) is 14.8. The quantitative estimate of drug-likeness (QED) is 0.673. The van der Waals surface area contributed by atoms with Crippen molar-refractivity contribution in [3.05, 3.63) is 33.4 Å². The molecule has 1 aliphatic carbocycles. The Morgan fingerprint density at radius 1 is 1.10 bits per heavy atom. The highest BCUT2D eigenvalue weighted by Gasteiger charge is 2.42. The van der Waals surface area contributed by atoms with Gasteiger partial charge in [-0.15, -0.1) is 0 Å². The molecule has 0 bridgehead atoms. The maximum absolute atomic E-state index is 12.6. The Balaban J connectivity index is 1.87. The van der Waals surface area contributed by atoms with Crippen molar-refractivity contribution in [1.29, 1.82) is 0 Å².